The van der Waals surface area contributed by atoms with Crippen molar-refractivity contribution in [1.82, 2.24) is 0 Å². The van der Waals surface area contributed by atoms with Gasteiger partial charge in [0.2, 0.25) is 0 Å². The number of hydrogen-bond acceptors (Lipinski definition) is 2. The molecule has 0 bridgehead atoms. The Kier molecular flexibility index (Phi) is 2.50. The molecule has 12 heavy (non-hydrogen) atoms. The summed E-state index contributed by atoms with van der Waals surface area (Å²) < 4.78 is 0. The zero-order chi connectivity index (χ0) is 9.41. The molecule has 71 valence electrons. The monoisotopic (exact) mass is 171 g/mol. The maximum atomic E-state index is 5.43. The molecule has 0 spiro atoms. The predicted octanol–water partition coefficient (Wildman–Crippen LogP) is 2.74. The molecule has 1 saturated heterocycles. The molecule has 1 aliphatic heterocycles. The van der Waals surface area contributed by atoms with E-state index in [1.165, 1.54) is 5.92 Å². The molecule has 1 aliphatic rings. The highest BCUT2D eigenvalue weighted by atomic mass is 17.2. The second-order valence-corrected chi connectivity index (χ2v) is 4.41. The molecule has 1 atom stereocenters. The van der Waals surface area contributed by atoms with Crippen molar-refractivity contribution in [2.45, 2.75) is 46.6 Å². The van der Waals surface area contributed by atoms with E-state index in [1.807, 2.05) is 0 Å². The Morgan fingerprint density at radius 3 is 2.08 bits per heavy atom. The Hall–Kier alpha value is -0.0800. The van der Waals surface area contributed by atoms with Gasteiger partial charge >= 0.3 is 0 Å². The number of hydrogen-bond donors (Lipinski definition) is 0. The summed E-state index contributed by atoms with van der Waals surface area (Å²) in [5.41, 5.74) is -0.0758. The van der Waals surface area contributed by atoms with Crippen LogP contribution in [-0.4, -0.2) is 12.2 Å². The van der Waals surface area contributed by atoms with Crippen molar-refractivity contribution in [3.05, 3.63) is 5.92 Å². The Balaban J connectivity index is 2.92. The van der Waals surface area contributed by atoms with Crippen LogP contribution in [0.1, 0.15) is 41.0 Å². The molecule has 0 saturated carbocycles. The Morgan fingerprint density at radius 1 is 1.33 bits per heavy atom. The van der Waals surface area contributed by atoms with Crippen LogP contribution in [0.4, 0.5) is 0 Å². The third kappa shape index (κ3) is 1.17. The highest BCUT2D eigenvalue weighted by Gasteiger charge is 2.53. The van der Waals surface area contributed by atoms with E-state index in [-0.39, 0.29) is 11.0 Å². The minimum absolute atomic E-state index is 0.0978. The van der Waals surface area contributed by atoms with Gasteiger partial charge in [0.05, 0.1) is 6.61 Å². The van der Waals surface area contributed by atoms with Gasteiger partial charge in [0.15, 0.2) is 0 Å². The fourth-order valence-electron chi connectivity index (χ4n) is 2.16. The first kappa shape index (κ1) is 10.0. The minimum Gasteiger partial charge on any atom is -0.235 e. The molecule has 1 heterocycles. The van der Waals surface area contributed by atoms with Crippen LogP contribution in [-0.2, 0) is 9.78 Å². The van der Waals surface area contributed by atoms with Crippen molar-refractivity contribution in [3.63, 3.8) is 0 Å². The van der Waals surface area contributed by atoms with Gasteiger partial charge in [-0.2, -0.15) is 0 Å². The van der Waals surface area contributed by atoms with Crippen LogP contribution < -0.4 is 0 Å². The molecule has 2 nitrogen and oxygen atoms in total. The summed E-state index contributed by atoms with van der Waals surface area (Å²) in [7, 11) is 0. The fraction of sp³-hybridized carbons (Fsp3) is 0.900. The highest BCUT2D eigenvalue weighted by molar-refractivity contribution is 5.11. The van der Waals surface area contributed by atoms with Gasteiger partial charge in [0.25, 0.3) is 0 Å². The van der Waals surface area contributed by atoms with Crippen molar-refractivity contribution in [1.29, 1.82) is 0 Å². The molecule has 0 aliphatic carbocycles. The van der Waals surface area contributed by atoms with E-state index in [1.54, 1.807) is 0 Å². The smallest absolute Gasteiger partial charge is 0.116 e. The van der Waals surface area contributed by atoms with E-state index >= 15 is 0 Å². The summed E-state index contributed by atoms with van der Waals surface area (Å²) in [6.07, 6.45) is 0.975. The molecule has 1 unspecified atom stereocenters. The summed E-state index contributed by atoms with van der Waals surface area (Å²) in [4.78, 5) is 10.5. The van der Waals surface area contributed by atoms with Gasteiger partial charge in [-0.25, -0.2) is 9.78 Å². The van der Waals surface area contributed by atoms with Gasteiger partial charge in [-0.1, -0.05) is 34.6 Å². The molecule has 2 heteroatoms. The molecule has 0 aromatic carbocycles. The van der Waals surface area contributed by atoms with Crippen molar-refractivity contribution in [3.8, 4) is 0 Å². The van der Waals surface area contributed by atoms with Crippen LogP contribution in [0.3, 0.4) is 0 Å². The summed E-state index contributed by atoms with van der Waals surface area (Å²) in [6, 6.07) is 0. The van der Waals surface area contributed by atoms with Crippen LogP contribution in [0.2, 0.25) is 0 Å². The molecule has 1 radical (unpaired) electrons. The van der Waals surface area contributed by atoms with Crippen LogP contribution in [0, 0.1) is 11.3 Å². The molecule has 1 rings (SSSR count). The van der Waals surface area contributed by atoms with Gasteiger partial charge < -0.3 is 0 Å². The normalized spacial score (nSPS) is 34.5. The Labute approximate surface area is 75.2 Å². The van der Waals surface area contributed by atoms with E-state index in [4.69, 9.17) is 9.78 Å². The molecule has 0 aromatic heterocycles. The first-order valence-corrected chi connectivity index (χ1v) is 4.57. The van der Waals surface area contributed by atoms with Gasteiger partial charge in [-0.05, 0) is 6.42 Å². The highest BCUT2D eigenvalue weighted by Crippen LogP contribution is 2.48. The largest absolute Gasteiger partial charge is 0.235 e. The lowest BCUT2D eigenvalue weighted by molar-refractivity contribution is -0.307. The third-order valence-electron chi connectivity index (χ3n) is 3.02. The quantitative estimate of drug-likeness (QED) is 0.595. The lowest BCUT2D eigenvalue weighted by atomic mass is 9.68. The second kappa shape index (κ2) is 3.00. The first-order chi connectivity index (χ1) is 5.46. The average Bonchev–Trinajstić information content (AvgIpc) is 2.25. The van der Waals surface area contributed by atoms with E-state index in [0.29, 0.717) is 6.61 Å². The SMILES string of the molecule is CCC1([C](C)C)OOCC1(C)C. The maximum absolute atomic E-state index is 5.43. The third-order valence-corrected chi connectivity index (χ3v) is 3.02. The van der Waals surface area contributed by atoms with Crippen molar-refractivity contribution < 1.29 is 9.78 Å². The van der Waals surface area contributed by atoms with E-state index < -0.39 is 0 Å². The van der Waals surface area contributed by atoms with E-state index in [9.17, 15) is 0 Å². The van der Waals surface area contributed by atoms with Gasteiger partial charge in [0.1, 0.15) is 5.60 Å². The lowest BCUT2D eigenvalue weighted by Crippen LogP contribution is -2.45. The molecule has 0 aromatic rings. The second-order valence-electron chi connectivity index (χ2n) is 4.41. The molecule has 0 amide bonds. The van der Waals surface area contributed by atoms with Crippen LogP contribution >= 0.6 is 0 Å². The van der Waals surface area contributed by atoms with E-state index in [0.717, 1.165) is 6.42 Å². The molecule has 1 fully saturated rings. The summed E-state index contributed by atoms with van der Waals surface area (Å²) in [6.45, 7) is 11.4. The van der Waals surface area contributed by atoms with Gasteiger partial charge in [0, 0.05) is 11.3 Å². The lowest BCUT2D eigenvalue weighted by Gasteiger charge is -2.39. The van der Waals surface area contributed by atoms with Gasteiger partial charge in [-0.3, -0.25) is 0 Å². The van der Waals surface area contributed by atoms with Crippen molar-refractivity contribution in [2.24, 2.45) is 5.41 Å². The molecule has 0 N–H and O–H groups in total. The minimum atomic E-state index is -0.174. The maximum Gasteiger partial charge on any atom is 0.116 e. The zero-order valence-electron chi connectivity index (χ0n) is 8.73. The van der Waals surface area contributed by atoms with Crippen molar-refractivity contribution in [2.75, 3.05) is 6.61 Å². The average molecular weight is 171 g/mol. The fourth-order valence-corrected chi connectivity index (χ4v) is 2.16. The first-order valence-electron chi connectivity index (χ1n) is 4.57. The van der Waals surface area contributed by atoms with Crippen LogP contribution in [0.5, 0.6) is 0 Å². The standard InChI is InChI=1S/C10H19O2/c1-6-10(8(2)3)9(4,5)7-11-12-10/h6-7H2,1-5H3. The van der Waals surface area contributed by atoms with E-state index in [2.05, 4.69) is 34.6 Å². The summed E-state index contributed by atoms with van der Waals surface area (Å²) >= 11 is 0. The predicted molar refractivity (Wildman–Crippen MR) is 48.4 cm³/mol. The summed E-state index contributed by atoms with van der Waals surface area (Å²) in [5, 5.41) is 0. The van der Waals surface area contributed by atoms with Crippen molar-refractivity contribution >= 4 is 0 Å². The van der Waals surface area contributed by atoms with Gasteiger partial charge in [-0.15, -0.1) is 0 Å². The molecular weight excluding hydrogens is 152 g/mol. The zero-order valence-corrected chi connectivity index (χ0v) is 8.73. The Morgan fingerprint density at radius 2 is 1.92 bits per heavy atom. The molecular formula is C10H19O2. The topological polar surface area (TPSA) is 18.5 Å². The number of rotatable bonds is 2. The van der Waals surface area contributed by atoms with Crippen LogP contribution in [0.25, 0.3) is 0 Å². The van der Waals surface area contributed by atoms with Crippen LogP contribution in [0.15, 0.2) is 0 Å². The Bertz CT molecular complexity index is 163. The summed E-state index contributed by atoms with van der Waals surface area (Å²) in [5.74, 6) is 1.30.